The largest absolute Gasteiger partial charge is 0.479 e. The van der Waals surface area contributed by atoms with E-state index in [2.05, 4.69) is 4.72 Å². The normalized spacial score (nSPS) is 23.2. The second-order valence-electron chi connectivity index (χ2n) is 7.11. The summed E-state index contributed by atoms with van der Waals surface area (Å²) in [6.07, 6.45) is 1.11. The van der Waals surface area contributed by atoms with Crippen molar-refractivity contribution in [1.29, 1.82) is 0 Å². The van der Waals surface area contributed by atoms with E-state index >= 15 is 0 Å². The topological polar surface area (TPSA) is 113 Å². The smallest absolute Gasteiger partial charge is 0.334 e. The van der Waals surface area contributed by atoms with E-state index in [4.69, 9.17) is 9.84 Å². The van der Waals surface area contributed by atoms with Gasteiger partial charge in [0, 0.05) is 19.0 Å². The zero-order chi connectivity index (χ0) is 19.6. The van der Waals surface area contributed by atoms with Crippen molar-refractivity contribution in [2.75, 3.05) is 13.1 Å². The molecule has 1 aromatic rings. The molecule has 1 aromatic carbocycles. The monoisotopic (exact) mass is 396 g/mol. The van der Waals surface area contributed by atoms with Crippen LogP contribution in [0.4, 0.5) is 0 Å². The Hall–Kier alpha value is -1.97. The molecule has 0 aromatic heterocycles. The highest BCUT2D eigenvalue weighted by Crippen LogP contribution is 2.22. The number of nitrogens with one attached hydrogen (secondary N) is 1. The number of nitrogens with zero attached hydrogens (tertiary/aromatic N) is 1. The van der Waals surface area contributed by atoms with E-state index in [1.54, 1.807) is 31.2 Å². The van der Waals surface area contributed by atoms with Crippen molar-refractivity contribution in [3.8, 4) is 0 Å². The summed E-state index contributed by atoms with van der Waals surface area (Å²) in [5.41, 5.74) is 0.852. The molecular weight excluding hydrogens is 372 g/mol. The number of carbonyl (C=O) groups excluding carboxylic acids is 1. The maximum Gasteiger partial charge on any atom is 0.334 e. The lowest BCUT2D eigenvalue weighted by Crippen LogP contribution is -2.51. The number of aliphatic carboxylic acids is 1. The van der Waals surface area contributed by atoms with Crippen molar-refractivity contribution < 1.29 is 27.9 Å². The number of amides is 1. The fourth-order valence-corrected chi connectivity index (χ4v) is 4.33. The highest BCUT2D eigenvalue weighted by Gasteiger charge is 2.32. The van der Waals surface area contributed by atoms with Crippen LogP contribution >= 0.6 is 0 Å². The first kappa shape index (κ1) is 19.8. The van der Waals surface area contributed by atoms with Gasteiger partial charge in [-0.1, -0.05) is 12.1 Å². The summed E-state index contributed by atoms with van der Waals surface area (Å²) in [5.74, 6) is -1.21. The van der Waals surface area contributed by atoms with Crippen LogP contribution in [0.5, 0.6) is 0 Å². The number of benzene rings is 1. The van der Waals surface area contributed by atoms with Crippen molar-refractivity contribution in [2.24, 2.45) is 0 Å². The van der Waals surface area contributed by atoms with Crippen LogP contribution in [-0.4, -0.2) is 61.6 Å². The molecule has 1 aliphatic heterocycles. The Morgan fingerprint density at radius 1 is 1.22 bits per heavy atom. The Morgan fingerprint density at radius 2 is 1.89 bits per heavy atom. The number of sulfonamides is 1. The van der Waals surface area contributed by atoms with E-state index < -0.39 is 22.1 Å². The lowest BCUT2D eigenvalue weighted by atomic mass is 10.1. The van der Waals surface area contributed by atoms with Gasteiger partial charge < -0.3 is 14.7 Å². The van der Waals surface area contributed by atoms with Crippen LogP contribution in [0, 0.1) is 0 Å². The summed E-state index contributed by atoms with van der Waals surface area (Å²) >= 11 is 0. The molecule has 1 unspecified atom stereocenters. The molecule has 27 heavy (non-hydrogen) atoms. The van der Waals surface area contributed by atoms with Crippen molar-refractivity contribution in [3.63, 3.8) is 0 Å². The lowest BCUT2D eigenvalue weighted by Gasteiger charge is -2.35. The first-order valence-electron chi connectivity index (χ1n) is 9.02. The summed E-state index contributed by atoms with van der Waals surface area (Å²) < 4.78 is 32.2. The zero-order valence-electron chi connectivity index (χ0n) is 15.1. The number of morpholine rings is 1. The van der Waals surface area contributed by atoms with E-state index in [1.165, 1.54) is 4.90 Å². The number of rotatable bonds is 7. The lowest BCUT2D eigenvalue weighted by molar-refractivity contribution is -0.166. The second-order valence-corrected chi connectivity index (χ2v) is 8.83. The summed E-state index contributed by atoms with van der Waals surface area (Å²) in [4.78, 5) is 25.3. The predicted octanol–water partition coefficient (Wildman–Crippen LogP) is 0.760. The maximum atomic E-state index is 12.4. The number of hydrogen-bond donors (Lipinski definition) is 2. The molecule has 148 valence electrons. The van der Waals surface area contributed by atoms with Gasteiger partial charge in [0.2, 0.25) is 15.9 Å². The molecule has 1 saturated carbocycles. The van der Waals surface area contributed by atoms with Crippen LogP contribution in [-0.2, 0) is 30.8 Å². The molecular formula is C18H24N2O6S. The minimum absolute atomic E-state index is 0.0442. The van der Waals surface area contributed by atoms with Gasteiger partial charge in [-0.15, -0.1) is 0 Å². The minimum atomic E-state index is -3.48. The Kier molecular flexibility index (Phi) is 5.83. The predicted molar refractivity (Wildman–Crippen MR) is 96.7 cm³/mol. The molecule has 0 radical (unpaired) electrons. The van der Waals surface area contributed by atoms with Crippen molar-refractivity contribution >= 4 is 21.9 Å². The molecule has 1 amide bonds. The number of carboxylic acid groups (broad SMARTS) is 1. The summed E-state index contributed by atoms with van der Waals surface area (Å²) in [6.45, 7) is 2.15. The molecule has 2 fully saturated rings. The van der Waals surface area contributed by atoms with Crippen LogP contribution in [0.3, 0.4) is 0 Å². The molecule has 1 saturated heterocycles. The fraction of sp³-hybridized carbons (Fsp3) is 0.556. The molecule has 0 spiro atoms. The van der Waals surface area contributed by atoms with Crippen LogP contribution in [0.1, 0.15) is 31.7 Å². The third-order valence-corrected chi connectivity index (χ3v) is 6.19. The standard InChI is InChI=1S/C18H24N2O6S/c1-12-10-20(11-16(26-12)18(22)23)17(21)9-4-13-2-7-15(8-3-13)27(24,25)19-14-5-6-14/h2-3,7-8,12,14,16,19H,4-6,9-11H2,1H3,(H,22,23)/t12-,16?/m1/s1. The molecule has 3 rings (SSSR count). The summed E-state index contributed by atoms with van der Waals surface area (Å²) in [6, 6.07) is 6.55. The number of ether oxygens (including phenoxy) is 1. The molecule has 2 atom stereocenters. The van der Waals surface area contributed by atoms with E-state index in [1.807, 2.05) is 0 Å². The van der Waals surface area contributed by atoms with E-state index in [0.29, 0.717) is 13.0 Å². The van der Waals surface area contributed by atoms with Gasteiger partial charge in [-0.3, -0.25) is 4.79 Å². The summed E-state index contributed by atoms with van der Waals surface area (Å²) in [7, 11) is -3.48. The SMILES string of the molecule is C[C@@H]1CN(C(=O)CCc2ccc(S(=O)(=O)NC3CC3)cc2)CC(C(=O)O)O1. The van der Waals surface area contributed by atoms with Gasteiger partial charge in [0.1, 0.15) is 0 Å². The molecule has 8 nitrogen and oxygen atoms in total. The van der Waals surface area contributed by atoms with Crippen LogP contribution in [0.15, 0.2) is 29.2 Å². The van der Waals surface area contributed by atoms with Gasteiger partial charge in [-0.25, -0.2) is 17.9 Å². The third-order valence-electron chi connectivity index (χ3n) is 4.65. The Bertz CT molecular complexity index is 804. The summed E-state index contributed by atoms with van der Waals surface area (Å²) in [5, 5.41) is 9.10. The van der Waals surface area contributed by atoms with E-state index in [0.717, 1.165) is 18.4 Å². The quantitative estimate of drug-likeness (QED) is 0.704. The zero-order valence-corrected chi connectivity index (χ0v) is 15.9. The number of aryl methyl sites for hydroxylation is 1. The van der Waals surface area contributed by atoms with Crippen LogP contribution < -0.4 is 4.72 Å². The van der Waals surface area contributed by atoms with Gasteiger partial charge in [0.15, 0.2) is 6.10 Å². The van der Waals surface area contributed by atoms with Gasteiger partial charge in [0.05, 0.1) is 17.5 Å². The van der Waals surface area contributed by atoms with Gasteiger partial charge in [-0.2, -0.15) is 0 Å². The van der Waals surface area contributed by atoms with Gasteiger partial charge in [-0.05, 0) is 43.9 Å². The molecule has 0 bridgehead atoms. The molecule has 2 aliphatic rings. The van der Waals surface area contributed by atoms with Crippen molar-refractivity contribution in [3.05, 3.63) is 29.8 Å². The minimum Gasteiger partial charge on any atom is -0.479 e. The number of hydrogen-bond acceptors (Lipinski definition) is 5. The fourth-order valence-electron chi connectivity index (χ4n) is 3.02. The van der Waals surface area contributed by atoms with Crippen LogP contribution in [0.25, 0.3) is 0 Å². The molecule has 2 N–H and O–H groups in total. The third kappa shape index (κ3) is 5.27. The van der Waals surface area contributed by atoms with Gasteiger partial charge >= 0.3 is 5.97 Å². The highest BCUT2D eigenvalue weighted by molar-refractivity contribution is 7.89. The van der Waals surface area contributed by atoms with Crippen LogP contribution in [0.2, 0.25) is 0 Å². The first-order chi connectivity index (χ1) is 12.7. The average Bonchev–Trinajstić information content (AvgIpc) is 3.42. The maximum absolute atomic E-state index is 12.4. The van der Waals surface area contributed by atoms with Crippen molar-refractivity contribution in [1.82, 2.24) is 9.62 Å². The Labute approximate surface area is 158 Å². The molecule has 9 heteroatoms. The van der Waals surface area contributed by atoms with Crippen molar-refractivity contribution in [2.45, 2.75) is 55.8 Å². The first-order valence-corrected chi connectivity index (χ1v) is 10.5. The van der Waals surface area contributed by atoms with Gasteiger partial charge in [0.25, 0.3) is 0 Å². The average molecular weight is 396 g/mol. The second kappa shape index (κ2) is 7.95. The Balaban J connectivity index is 1.54. The molecule has 1 heterocycles. The number of carboxylic acids is 1. The highest BCUT2D eigenvalue weighted by atomic mass is 32.2. The van der Waals surface area contributed by atoms with E-state index in [9.17, 15) is 18.0 Å². The number of carbonyl (C=O) groups is 2. The molecule has 1 aliphatic carbocycles. The Morgan fingerprint density at radius 3 is 2.48 bits per heavy atom. The van der Waals surface area contributed by atoms with E-state index in [-0.39, 0.29) is 35.9 Å².